The summed E-state index contributed by atoms with van der Waals surface area (Å²) in [7, 11) is 1.71. The summed E-state index contributed by atoms with van der Waals surface area (Å²) in [6.07, 6.45) is 0.320. The van der Waals surface area contributed by atoms with E-state index in [-0.39, 0.29) is 12.4 Å². The fourth-order valence-corrected chi connectivity index (χ4v) is 2.28. The topological polar surface area (TPSA) is 102 Å². The summed E-state index contributed by atoms with van der Waals surface area (Å²) in [6.45, 7) is 1.89. The van der Waals surface area contributed by atoms with Crippen molar-refractivity contribution >= 4 is 17.8 Å². The van der Waals surface area contributed by atoms with E-state index >= 15 is 0 Å². The van der Waals surface area contributed by atoms with Gasteiger partial charge in [-0.25, -0.2) is 9.18 Å². The number of rotatable bonds is 6. The van der Waals surface area contributed by atoms with Gasteiger partial charge < -0.3 is 11.1 Å². The van der Waals surface area contributed by atoms with E-state index in [0.29, 0.717) is 12.2 Å². The quantitative estimate of drug-likeness (QED) is 0.743. The molecule has 1 heterocycles. The highest BCUT2D eigenvalue weighted by atomic mass is 19.1. The molecule has 0 saturated carbocycles. The molecule has 0 aliphatic heterocycles. The molecule has 0 bridgehead atoms. The van der Waals surface area contributed by atoms with Crippen LogP contribution in [0.4, 0.5) is 15.0 Å². The number of aryl methyl sites for hydroxylation is 2. The van der Waals surface area contributed by atoms with E-state index < -0.39 is 17.9 Å². The van der Waals surface area contributed by atoms with Gasteiger partial charge in [0, 0.05) is 19.7 Å². The van der Waals surface area contributed by atoms with E-state index in [0.717, 1.165) is 11.3 Å². The first-order valence-corrected chi connectivity index (χ1v) is 7.44. The van der Waals surface area contributed by atoms with Gasteiger partial charge in [-0.05, 0) is 31.0 Å². The Labute approximate surface area is 139 Å². The molecule has 24 heavy (non-hydrogen) atoms. The van der Waals surface area contributed by atoms with Crippen LogP contribution in [0.25, 0.3) is 0 Å². The Morgan fingerprint density at radius 2 is 2.00 bits per heavy atom. The fourth-order valence-electron chi connectivity index (χ4n) is 2.28. The zero-order chi connectivity index (χ0) is 17.7. The van der Waals surface area contributed by atoms with Gasteiger partial charge in [0.1, 0.15) is 11.6 Å². The molecule has 0 aliphatic rings. The zero-order valence-corrected chi connectivity index (χ0v) is 13.5. The molecule has 0 aliphatic carbocycles. The lowest BCUT2D eigenvalue weighted by Gasteiger charge is -2.15. The number of nitrogens with one attached hydrogen (secondary N) is 2. The summed E-state index contributed by atoms with van der Waals surface area (Å²) in [5.41, 5.74) is 6.93. The Morgan fingerprint density at radius 1 is 1.33 bits per heavy atom. The fraction of sp³-hybridized carbons (Fsp3) is 0.312. The third-order valence-corrected chi connectivity index (χ3v) is 3.55. The van der Waals surface area contributed by atoms with Crippen LogP contribution in [-0.4, -0.2) is 28.3 Å². The van der Waals surface area contributed by atoms with Crippen molar-refractivity contribution in [2.75, 3.05) is 11.9 Å². The minimum absolute atomic E-state index is 0.0787. The highest BCUT2D eigenvalue weighted by molar-refractivity contribution is 5.89. The molecule has 0 saturated heterocycles. The number of hydrogen-bond acceptors (Lipinski definition) is 3. The third-order valence-electron chi connectivity index (χ3n) is 3.55. The third kappa shape index (κ3) is 4.80. The molecule has 8 heteroatoms. The number of benzene rings is 1. The average Bonchev–Trinajstić information content (AvgIpc) is 2.82. The second-order valence-electron chi connectivity index (χ2n) is 5.56. The second-order valence-corrected chi connectivity index (χ2v) is 5.56. The molecule has 0 spiro atoms. The lowest BCUT2D eigenvalue weighted by atomic mass is 9.98. The van der Waals surface area contributed by atoms with Gasteiger partial charge in [0.15, 0.2) is 0 Å². The monoisotopic (exact) mass is 333 g/mol. The number of aromatic nitrogens is 2. The minimum atomic E-state index is -0.588. The standard InChI is InChI=1S/C16H20FN5O2/c1-10-7-14(22(2)21-10)20-16(24)19-9-12(15(18)23)8-11-3-5-13(17)6-4-11/h3-7,12H,8-9H2,1-2H3,(H2,18,23)(H2,19,20,24)/t12-/m0/s1. The van der Waals surface area contributed by atoms with Gasteiger partial charge in [0.2, 0.25) is 5.91 Å². The summed E-state index contributed by atoms with van der Waals surface area (Å²) in [5, 5.41) is 9.38. The summed E-state index contributed by atoms with van der Waals surface area (Å²) < 4.78 is 14.5. The molecule has 1 aromatic heterocycles. The van der Waals surface area contributed by atoms with Crippen LogP contribution in [0.3, 0.4) is 0 Å². The van der Waals surface area contributed by atoms with Gasteiger partial charge in [-0.2, -0.15) is 5.10 Å². The Morgan fingerprint density at radius 3 is 2.54 bits per heavy atom. The Kier molecular flexibility index (Phi) is 5.51. The minimum Gasteiger partial charge on any atom is -0.369 e. The van der Waals surface area contributed by atoms with Crippen LogP contribution in [0.1, 0.15) is 11.3 Å². The number of primary amides is 1. The number of carbonyl (C=O) groups excluding carboxylic acids is 2. The van der Waals surface area contributed by atoms with Crippen LogP contribution in [0.5, 0.6) is 0 Å². The molecule has 0 fully saturated rings. The molecule has 7 nitrogen and oxygen atoms in total. The van der Waals surface area contributed by atoms with Crippen LogP contribution < -0.4 is 16.4 Å². The largest absolute Gasteiger partial charge is 0.369 e. The van der Waals surface area contributed by atoms with E-state index in [1.807, 2.05) is 6.92 Å². The highest BCUT2D eigenvalue weighted by Gasteiger charge is 2.17. The van der Waals surface area contributed by atoms with E-state index in [4.69, 9.17) is 5.73 Å². The summed E-state index contributed by atoms with van der Waals surface area (Å²) in [6, 6.07) is 7.08. The molecule has 4 N–H and O–H groups in total. The molecular formula is C16H20FN5O2. The van der Waals surface area contributed by atoms with Gasteiger partial charge in [-0.1, -0.05) is 12.1 Å². The first-order valence-electron chi connectivity index (χ1n) is 7.44. The van der Waals surface area contributed by atoms with Crippen LogP contribution in [0, 0.1) is 18.7 Å². The first kappa shape index (κ1) is 17.5. The number of carbonyl (C=O) groups is 2. The van der Waals surface area contributed by atoms with Crippen molar-refractivity contribution in [3.63, 3.8) is 0 Å². The predicted molar refractivity (Wildman–Crippen MR) is 87.8 cm³/mol. The number of urea groups is 1. The Hall–Kier alpha value is -2.90. The number of nitrogens with two attached hydrogens (primary N) is 1. The first-order chi connectivity index (χ1) is 11.3. The molecule has 128 valence electrons. The van der Waals surface area contributed by atoms with Gasteiger partial charge in [0.25, 0.3) is 0 Å². The van der Waals surface area contributed by atoms with Crippen molar-refractivity contribution < 1.29 is 14.0 Å². The molecule has 1 aromatic carbocycles. The zero-order valence-electron chi connectivity index (χ0n) is 13.5. The maximum absolute atomic E-state index is 12.9. The van der Waals surface area contributed by atoms with Crippen LogP contribution >= 0.6 is 0 Å². The lowest BCUT2D eigenvalue weighted by Crippen LogP contribution is -2.39. The van der Waals surface area contributed by atoms with E-state index in [2.05, 4.69) is 15.7 Å². The van der Waals surface area contributed by atoms with Gasteiger partial charge in [-0.15, -0.1) is 0 Å². The highest BCUT2D eigenvalue weighted by Crippen LogP contribution is 2.10. The number of hydrogen-bond donors (Lipinski definition) is 3. The summed E-state index contributed by atoms with van der Waals surface area (Å²) in [5.74, 6) is -0.928. The Bertz CT molecular complexity index is 727. The van der Waals surface area contributed by atoms with Crippen LogP contribution in [0.2, 0.25) is 0 Å². The van der Waals surface area contributed by atoms with E-state index in [1.165, 1.54) is 12.1 Å². The summed E-state index contributed by atoms with van der Waals surface area (Å²) >= 11 is 0. The number of halogens is 1. The number of amides is 3. The van der Waals surface area contributed by atoms with E-state index in [1.54, 1.807) is 29.9 Å². The molecular weight excluding hydrogens is 313 g/mol. The average molecular weight is 333 g/mol. The number of anilines is 1. The molecule has 0 unspecified atom stereocenters. The smallest absolute Gasteiger partial charge is 0.320 e. The molecule has 1 atom stereocenters. The Balaban J connectivity index is 1.91. The molecule has 0 radical (unpaired) electrons. The van der Waals surface area contributed by atoms with Crippen molar-refractivity contribution in [1.82, 2.24) is 15.1 Å². The second kappa shape index (κ2) is 7.58. The molecule has 2 aromatic rings. The van der Waals surface area contributed by atoms with Crippen LogP contribution in [-0.2, 0) is 18.3 Å². The van der Waals surface area contributed by atoms with Crippen molar-refractivity contribution in [2.24, 2.45) is 18.7 Å². The van der Waals surface area contributed by atoms with Crippen LogP contribution in [0.15, 0.2) is 30.3 Å². The van der Waals surface area contributed by atoms with Crippen molar-refractivity contribution in [2.45, 2.75) is 13.3 Å². The van der Waals surface area contributed by atoms with Crippen molar-refractivity contribution in [1.29, 1.82) is 0 Å². The normalized spacial score (nSPS) is 11.8. The molecule has 3 amide bonds. The molecule has 2 rings (SSSR count). The lowest BCUT2D eigenvalue weighted by molar-refractivity contribution is -0.121. The van der Waals surface area contributed by atoms with Crippen molar-refractivity contribution in [3.8, 4) is 0 Å². The maximum Gasteiger partial charge on any atom is 0.320 e. The van der Waals surface area contributed by atoms with Crippen molar-refractivity contribution in [3.05, 3.63) is 47.4 Å². The predicted octanol–water partition coefficient (Wildman–Crippen LogP) is 1.33. The van der Waals surface area contributed by atoms with Gasteiger partial charge in [0.05, 0.1) is 11.6 Å². The number of nitrogens with zero attached hydrogens (tertiary/aromatic N) is 2. The van der Waals surface area contributed by atoms with Gasteiger partial charge in [-0.3, -0.25) is 14.8 Å². The SMILES string of the molecule is Cc1cc(NC(=O)NC[C@H](Cc2ccc(F)cc2)C(N)=O)n(C)n1. The van der Waals surface area contributed by atoms with Gasteiger partial charge >= 0.3 is 6.03 Å². The van der Waals surface area contributed by atoms with E-state index in [9.17, 15) is 14.0 Å². The maximum atomic E-state index is 12.9. The summed E-state index contributed by atoms with van der Waals surface area (Å²) in [4.78, 5) is 23.5.